The van der Waals surface area contributed by atoms with Crippen LogP contribution in [0.25, 0.3) is 0 Å². The molecule has 0 amide bonds. The quantitative estimate of drug-likeness (QED) is 0.811. The largest absolute Gasteiger partial charge is 0.361 e. The predicted octanol–water partition coefficient (Wildman–Crippen LogP) is 0.811. The maximum atomic E-state index is 11.3. The van der Waals surface area contributed by atoms with E-state index in [0.717, 1.165) is 0 Å². The van der Waals surface area contributed by atoms with Gasteiger partial charge in [-0.15, -0.1) is 0 Å². The van der Waals surface area contributed by atoms with Gasteiger partial charge in [0, 0.05) is 6.07 Å². The van der Waals surface area contributed by atoms with Crippen LogP contribution in [0.5, 0.6) is 0 Å². The first-order chi connectivity index (χ1) is 6.42. The molecule has 14 heavy (non-hydrogen) atoms. The molecule has 0 aliphatic heterocycles. The fraction of sp³-hybridized carbons (Fsp3) is 0.625. The van der Waals surface area contributed by atoms with Crippen molar-refractivity contribution < 1.29 is 12.9 Å². The van der Waals surface area contributed by atoms with Gasteiger partial charge in [-0.1, -0.05) is 5.16 Å². The average molecular weight is 218 g/mol. The summed E-state index contributed by atoms with van der Waals surface area (Å²) in [5, 5.41) is 3.24. The molecule has 1 heterocycles. The smallest absolute Gasteiger partial charge is 0.214 e. The monoisotopic (exact) mass is 218 g/mol. The van der Waals surface area contributed by atoms with Crippen LogP contribution in [0.1, 0.15) is 25.3 Å². The van der Waals surface area contributed by atoms with Crippen molar-refractivity contribution in [1.82, 2.24) is 9.88 Å². The number of aryl methyl sites for hydroxylation is 1. The molecule has 0 bridgehead atoms. The summed E-state index contributed by atoms with van der Waals surface area (Å²) in [6, 6.07) is 1.70. The molecule has 0 atom stereocenters. The molecule has 0 aliphatic rings. The third-order valence-corrected chi connectivity index (χ3v) is 3.54. The van der Waals surface area contributed by atoms with Gasteiger partial charge in [-0.2, -0.15) is 0 Å². The Kier molecular flexibility index (Phi) is 3.28. The van der Waals surface area contributed by atoms with E-state index in [9.17, 15) is 8.42 Å². The van der Waals surface area contributed by atoms with Gasteiger partial charge in [-0.05, 0) is 20.8 Å². The van der Waals surface area contributed by atoms with E-state index in [1.165, 1.54) is 0 Å². The highest BCUT2D eigenvalue weighted by molar-refractivity contribution is 7.90. The van der Waals surface area contributed by atoms with Crippen molar-refractivity contribution in [2.24, 2.45) is 0 Å². The molecule has 0 radical (unpaired) electrons. The Bertz CT molecular complexity index is 394. The van der Waals surface area contributed by atoms with E-state index < -0.39 is 15.3 Å². The van der Waals surface area contributed by atoms with Crippen LogP contribution in [0.15, 0.2) is 10.6 Å². The normalized spacial score (nSPS) is 12.3. The Hall–Kier alpha value is -0.880. The number of nitrogens with zero attached hydrogens (tertiary/aromatic N) is 1. The minimum atomic E-state index is -3.22. The van der Waals surface area contributed by atoms with Crippen LogP contribution in [0.4, 0.5) is 0 Å². The molecule has 1 rings (SSSR count). The number of hydrogen-bond donors (Lipinski definition) is 1. The third-order valence-electron chi connectivity index (χ3n) is 1.75. The van der Waals surface area contributed by atoms with Crippen molar-refractivity contribution in [2.75, 3.05) is 0 Å². The number of aromatic nitrogens is 1. The zero-order valence-electron chi connectivity index (χ0n) is 8.44. The standard InChI is InChI=1S/C8H14N2O3S/c1-6(2)14(11,12)9-5-8-4-7(3)13-10-8/h4,6,9H,5H2,1-3H3. The van der Waals surface area contributed by atoms with Gasteiger partial charge in [-0.25, -0.2) is 13.1 Å². The predicted molar refractivity (Wildman–Crippen MR) is 52.1 cm³/mol. The molecule has 0 unspecified atom stereocenters. The molecule has 5 nitrogen and oxygen atoms in total. The van der Waals surface area contributed by atoms with Crippen molar-refractivity contribution in [3.8, 4) is 0 Å². The van der Waals surface area contributed by atoms with Crippen molar-refractivity contribution in [2.45, 2.75) is 32.6 Å². The fourth-order valence-electron chi connectivity index (χ4n) is 0.842. The van der Waals surface area contributed by atoms with Crippen LogP contribution in [0.2, 0.25) is 0 Å². The summed E-state index contributed by atoms with van der Waals surface area (Å²) in [5.74, 6) is 0.670. The molecule has 0 aliphatic carbocycles. The Morgan fingerprint density at radius 2 is 2.21 bits per heavy atom. The molecule has 6 heteroatoms. The van der Waals surface area contributed by atoms with Crippen molar-refractivity contribution in [3.63, 3.8) is 0 Å². The van der Waals surface area contributed by atoms with Gasteiger partial charge in [0.2, 0.25) is 10.0 Å². The number of nitrogens with one attached hydrogen (secondary N) is 1. The lowest BCUT2D eigenvalue weighted by molar-refractivity contribution is 0.390. The summed E-state index contributed by atoms with van der Waals surface area (Å²) in [7, 11) is -3.22. The number of rotatable bonds is 4. The first kappa shape index (κ1) is 11.2. The highest BCUT2D eigenvalue weighted by atomic mass is 32.2. The van der Waals surface area contributed by atoms with Gasteiger partial charge in [0.1, 0.15) is 5.76 Å². The summed E-state index contributed by atoms with van der Waals surface area (Å²) < 4.78 is 29.9. The van der Waals surface area contributed by atoms with Crippen molar-refractivity contribution in [1.29, 1.82) is 0 Å². The van der Waals surface area contributed by atoms with Gasteiger partial charge >= 0.3 is 0 Å². The maximum absolute atomic E-state index is 11.3. The summed E-state index contributed by atoms with van der Waals surface area (Å²) in [4.78, 5) is 0. The van der Waals surface area contributed by atoms with Crippen LogP contribution >= 0.6 is 0 Å². The SMILES string of the molecule is Cc1cc(CNS(=O)(=O)C(C)C)no1. The summed E-state index contributed by atoms with van der Waals surface area (Å²) >= 11 is 0. The van der Waals surface area contributed by atoms with Crippen LogP contribution in [-0.2, 0) is 16.6 Å². The molecule has 0 saturated carbocycles. The van der Waals surface area contributed by atoms with E-state index in [1.807, 2.05) is 0 Å². The average Bonchev–Trinajstić information content (AvgIpc) is 2.48. The molecule has 0 fully saturated rings. The minimum absolute atomic E-state index is 0.178. The van der Waals surface area contributed by atoms with Crippen LogP contribution in [-0.4, -0.2) is 18.8 Å². The molecule has 0 saturated heterocycles. The zero-order chi connectivity index (χ0) is 10.8. The highest BCUT2D eigenvalue weighted by Gasteiger charge is 2.15. The van der Waals surface area contributed by atoms with Gasteiger partial charge < -0.3 is 4.52 Å². The van der Waals surface area contributed by atoms with Crippen molar-refractivity contribution >= 4 is 10.0 Å². The minimum Gasteiger partial charge on any atom is -0.361 e. The van der Waals surface area contributed by atoms with Gasteiger partial charge in [0.15, 0.2) is 0 Å². The third kappa shape index (κ3) is 2.81. The van der Waals surface area contributed by atoms with E-state index in [-0.39, 0.29) is 6.54 Å². The lowest BCUT2D eigenvalue weighted by Crippen LogP contribution is -2.30. The van der Waals surface area contributed by atoms with Crippen LogP contribution < -0.4 is 4.72 Å². The Balaban J connectivity index is 2.57. The lowest BCUT2D eigenvalue weighted by atomic mass is 10.4. The molecule has 1 aromatic rings. The lowest BCUT2D eigenvalue weighted by Gasteiger charge is -2.07. The van der Waals surface area contributed by atoms with E-state index in [4.69, 9.17) is 4.52 Å². The molecule has 1 N–H and O–H groups in total. The summed E-state index contributed by atoms with van der Waals surface area (Å²) in [5.41, 5.74) is 0.590. The molecule has 0 spiro atoms. The molecule has 0 aromatic carbocycles. The van der Waals surface area contributed by atoms with E-state index in [1.54, 1.807) is 26.8 Å². The topological polar surface area (TPSA) is 72.2 Å². The number of hydrogen-bond acceptors (Lipinski definition) is 4. The molecular formula is C8H14N2O3S. The Morgan fingerprint density at radius 3 is 2.64 bits per heavy atom. The second kappa shape index (κ2) is 4.10. The zero-order valence-corrected chi connectivity index (χ0v) is 9.26. The maximum Gasteiger partial charge on any atom is 0.214 e. The van der Waals surface area contributed by atoms with Gasteiger partial charge in [0.25, 0.3) is 0 Å². The second-order valence-electron chi connectivity index (χ2n) is 3.34. The van der Waals surface area contributed by atoms with Crippen LogP contribution in [0.3, 0.4) is 0 Å². The van der Waals surface area contributed by atoms with E-state index >= 15 is 0 Å². The van der Waals surface area contributed by atoms with Gasteiger partial charge in [-0.3, -0.25) is 0 Å². The number of sulfonamides is 1. The van der Waals surface area contributed by atoms with E-state index in [2.05, 4.69) is 9.88 Å². The Morgan fingerprint density at radius 1 is 1.57 bits per heavy atom. The molecule has 1 aromatic heterocycles. The summed E-state index contributed by atoms with van der Waals surface area (Å²) in [6.07, 6.45) is 0. The van der Waals surface area contributed by atoms with Crippen LogP contribution in [0, 0.1) is 6.92 Å². The highest BCUT2D eigenvalue weighted by Crippen LogP contribution is 2.03. The second-order valence-corrected chi connectivity index (χ2v) is 5.67. The Labute approximate surface area is 83.5 Å². The summed E-state index contributed by atoms with van der Waals surface area (Å²) in [6.45, 7) is 5.18. The van der Waals surface area contributed by atoms with Crippen molar-refractivity contribution in [3.05, 3.63) is 17.5 Å². The molecular weight excluding hydrogens is 204 g/mol. The van der Waals surface area contributed by atoms with Gasteiger partial charge in [0.05, 0.1) is 17.5 Å². The molecule has 80 valence electrons. The fourth-order valence-corrected chi connectivity index (χ4v) is 1.52. The first-order valence-electron chi connectivity index (χ1n) is 4.32. The first-order valence-corrected chi connectivity index (χ1v) is 5.87. The van der Waals surface area contributed by atoms with E-state index in [0.29, 0.717) is 11.5 Å².